The summed E-state index contributed by atoms with van der Waals surface area (Å²) in [6.45, 7) is 2.60. The number of hydrogen-bond donors (Lipinski definition) is 1. The minimum absolute atomic E-state index is 0.0858. The van der Waals surface area contributed by atoms with Gasteiger partial charge in [-0.25, -0.2) is 22.9 Å². The molecule has 3 heterocycles. The van der Waals surface area contributed by atoms with Gasteiger partial charge in [0.15, 0.2) is 21.2 Å². The Morgan fingerprint density at radius 3 is 2.54 bits per heavy atom. The predicted octanol–water partition coefficient (Wildman–Crippen LogP) is 1.30. The number of nitrogens with one attached hydrogen (secondary N) is 1. The Labute approximate surface area is 156 Å². The van der Waals surface area contributed by atoms with Crippen LogP contribution in [0, 0.1) is 0 Å². The molecule has 14 heteroatoms. The largest absolute Gasteiger partial charge is 0.433 e. The standard InChI is InChI=1S/C14H14F3N7O3S/c1-4-28(26,27)11-10(21-23(3)13(11)19-7(2)25)12-20-9-5-8(14(15,16)17)18-6-24(9)22-12/h5-6H,4H2,1-3H3,(H,19,25). The Balaban J connectivity index is 2.25. The molecule has 3 rings (SSSR count). The lowest BCUT2D eigenvalue weighted by atomic mass is 10.4. The summed E-state index contributed by atoms with van der Waals surface area (Å²) < 4.78 is 65.8. The maximum Gasteiger partial charge on any atom is 0.433 e. The molecule has 0 saturated heterocycles. The zero-order chi connectivity index (χ0) is 20.9. The number of fused-ring (bicyclic) bond motifs is 1. The van der Waals surface area contributed by atoms with Gasteiger partial charge in [0.2, 0.25) is 11.7 Å². The van der Waals surface area contributed by atoms with Gasteiger partial charge < -0.3 is 5.32 Å². The average molecular weight is 417 g/mol. The van der Waals surface area contributed by atoms with Crippen LogP contribution >= 0.6 is 0 Å². The topological polar surface area (TPSA) is 124 Å². The number of carbonyl (C=O) groups excluding carboxylic acids is 1. The number of aryl methyl sites for hydroxylation is 1. The van der Waals surface area contributed by atoms with Crippen molar-refractivity contribution in [2.45, 2.75) is 24.9 Å². The summed E-state index contributed by atoms with van der Waals surface area (Å²) in [5.41, 5.74) is -1.55. The number of aromatic nitrogens is 6. The summed E-state index contributed by atoms with van der Waals surface area (Å²) in [7, 11) is -2.48. The molecule has 0 radical (unpaired) electrons. The van der Waals surface area contributed by atoms with Crippen LogP contribution in [0.3, 0.4) is 0 Å². The van der Waals surface area contributed by atoms with Gasteiger partial charge in [0.05, 0.1) is 5.75 Å². The summed E-state index contributed by atoms with van der Waals surface area (Å²) in [6.07, 6.45) is -3.85. The lowest BCUT2D eigenvalue weighted by Gasteiger charge is -2.06. The van der Waals surface area contributed by atoms with Crippen molar-refractivity contribution in [3.8, 4) is 11.5 Å². The van der Waals surface area contributed by atoms with Crippen LogP contribution < -0.4 is 5.32 Å². The zero-order valence-electron chi connectivity index (χ0n) is 14.8. The van der Waals surface area contributed by atoms with Crippen molar-refractivity contribution >= 4 is 27.2 Å². The molecule has 3 aromatic heterocycles. The molecule has 0 aliphatic heterocycles. The highest BCUT2D eigenvalue weighted by atomic mass is 32.2. The summed E-state index contributed by atoms with van der Waals surface area (Å²) in [5.74, 6) is -1.13. The van der Waals surface area contributed by atoms with Crippen LogP contribution in [0.15, 0.2) is 17.3 Å². The van der Waals surface area contributed by atoms with Crippen molar-refractivity contribution in [2.75, 3.05) is 11.1 Å². The van der Waals surface area contributed by atoms with E-state index in [1.54, 1.807) is 0 Å². The molecule has 0 bridgehead atoms. The fourth-order valence-electron chi connectivity index (χ4n) is 2.44. The van der Waals surface area contributed by atoms with Gasteiger partial charge in [-0.3, -0.25) is 9.48 Å². The predicted molar refractivity (Wildman–Crippen MR) is 90.0 cm³/mol. The van der Waals surface area contributed by atoms with Crippen molar-refractivity contribution in [3.63, 3.8) is 0 Å². The normalized spacial score (nSPS) is 12.5. The maximum absolute atomic E-state index is 12.8. The first-order valence-electron chi connectivity index (χ1n) is 7.81. The molecule has 0 atom stereocenters. The molecule has 0 unspecified atom stereocenters. The van der Waals surface area contributed by atoms with E-state index in [1.165, 1.54) is 20.9 Å². The second kappa shape index (κ2) is 6.54. The van der Waals surface area contributed by atoms with Gasteiger partial charge in [-0.05, 0) is 0 Å². The number of halogens is 3. The highest BCUT2D eigenvalue weighted by molar-refractivity contribution is 7.91. The quantitative estimate of drug-likeness (QED) is 0.678. The van der Waals surface area contributed by atoms with Crippen LogP contribution in [0.25, 0.3) is 17.2 Å². The van der Waals surface area contributed by atoms with E-state index in [4.69, 9.17) is 0 Å². The first-order valence-corrected chi connectivity index (χ1v) is 9.46. The average Bonchev–Trinajstić information content (AvgIpc) is 3.14. The lowest BCUT2D eigenvalue weighted by Crippen LogP contribution is -2.14. The molecule has 3 aromatic rings. The van der Waals surface area contributed by atoms with Crippen LogP contribution in [0.5, 0.6) is 0 Å². The van der Waals surface area contributed by atoms with Crippen molar-refractivity contribution in [1.82, 2.24) is 29.4 Å². The number of anilines is 1. The SMILES string of the molecule is CCS(=O)(=O)c1c(-c2nc3cc(C(F)(F)F)ncn3n2)nn(C)c1NC(C)=O. The molecule has 0 aromatic carbocycles. The van der Waals surface area contributed by atoms with E-state index in [1.807, 2.05) is 0 Å². The van der Waals surface area contributed by atoms with Crippen LogP contribution in [-0.2, 0) is 27.9 Å². The lowest BCUT2D eigenvalue weighted by molar-refractivity contribution is -0.141. The minimum atomic E-state index is -4.67. The number of amides is 1. The Morgan fingerprint density at radius 1 is 1.29 bits per heavy atom. The molecule has 0 fully saturated rings. The summed E-state index contributed by atoms with van der Waals surface area (Å²) in [4.78, 5) is 18.4. The van der Waals surface area contributed by atoms with Crippen LogP contribution in [0.4, 0.5) is 19.0 Å². The van der Waals surface area contributed by atoms with E-state index in [-0.39, 0.29) is 33.6 Å². The van der Waals surface area contributed by atoms with Crippen LogP contribution in [-0.4, -0.2) is 49.4 Å². The molecule has 0 aliphatic carbocycles. The molecule has 0 saturated carbocycles. The van der Waals surface area contributed by atoms with Crippen molar-refractivity contribution in [3.05, 3.63) is 18.1 Å². The number of sulfone groups is 1. The third kappa shape index (κ3) is 3.42. The summed E-state index contributed by atoms with van der Waals surface area (Å²) in [5, 5.41) is 10.4. The molecule has 28 heavy (non-hydrogen) atoms. The fraction of sp³-hybridized carbons (Fsp3) is 0.357. The Hall–Kier alpha value is -3.03. The second-order valence-corrected chi connectivity index (χ2v) is 7.96. The van der Waals surface area contributed by atoms with Gasteiger partial charge in [-0.1, -0.05) is 6.92 Å². The number of rotatable bonds is 4. The molecular formula is C14H14F3N7O3S. The van der Waals surface area contributed by atoms with Crippen molar-refractivity contribution < 1.29 is 26.4 Å². The van der Waals surface area contributed by atoms with Gasteiger partial charge in [-0.2, -0.15) is 18.3 Å². The minimum Gasteiger partial charge on any atom is -0.310 e. The van der Waals surface area contributed by atoms with E-state index < -0.39 is 27.6 Å². The van der Waals surface area contributed by atoms with Crippen LogP contribution in [0.2, 0.25) is 0 Å². The Bertz CT molecular complexity index is 1180. The molecular weight excluding hydrogens is 403 g/mol. The summed E-state index contributed by atoms with van der Waals surface area (Å²) >= 11 is 0. The van der Waals surface area contributed by atoms with E-state index in [0.717, 1.165) is 15.5 Å². The van der Waals surface area contributed by atoms with Gasteiger partial charge in [-0.15, -0.1) is 5.10 Å². The van der Waals surface area contributed by atoms with Gasteiger partial charge in [0.25, 0.3) is 0 Å². The highest BCUT2D eigenvalue weighted by Crippen LogP contribution is 2.33. The first-order chi connectivity index (χ1) is 12.9. The molecule has 1 amide bonds. The molecule has 1 N–H and O–H groups in total. The zero-order valence-corrected chi connectivity index (χ0v) is 15.6. The van der Waals surface area contributed by atoms with Gasteiger partial charge in [0, 0.05) is 20.0 Å². The monoisotopic (exact) mass is 417 g/mol. The van der Waals surface area contributed by atoms with Crippen molar-refractivity contribution in [2.24, 2.45) is 7.05 Å². The number of nitrogens with zero attached hydrogens (tertiary/aromatic N) is 6. The number of alkyl halides is 3. The number of hydrogen-bond acceptors (Lipinski definition) is 7. The van der Waals surface area contributed by atoms with E-state index in [2.05, 4.69) is 25.5 Å². The maximum atomic E-state index is 12.8. The summed E-state index contributed by atoms with van der Waals surface area (Å²) in [6, 6.07) is 0.683. The molecule has 0 aliphatic rings. The van der Waals surface area contributed by atoms with E-state index >= 15 is 0 Å². The fourth-order valence-corrected chi connectivity index (χ4v) is 3.64. The molecule has 150 valence electrons. The van der Waals surface area contributed by atoms with E-state index in [9.17, 15) is 26.4 Å². The highest BCUT2D eigenvalue weighted by Gasteiger charge is 2.34. The Kier molecular flexibility index (Phi) is 4.61. The smallest absolute Gasteiger partial charge is 0.310 e. The third-order valence-electron chi connectivity index (χ3n) is 3.72. The van der Waals surface area contributed by atoms with Gasteiger partial charge in [0.1, 0.15) is 22.7 Å². The third-order valence-corrected chi connectivity index (χ3v) is 5.49. The molecule has 10 nitrogen and oxygen atoms in total. The van der Waals surface area contributed by atoms with E-state index in [0.29, 0.717) is 6.07 Å². The molecule has 0 spiro atoms. The first kappa shape index (κ1) is 19.7. The van der Waals surface area contributed by atoms with Crippen molar-refractivity contribution in [1.29, 1.82) is 0 Å². The van der Waals surface area contributed by atoms with Crippen LogP contribution in [0.1, 0.15) is 19.5 Å². The van der Waals surface area contributed by atoms with Gasteiger partial charge >= 0.3 is 6.18 Å². The second-order valence-electron chi connectivity index (χ2n) is 5.74. The number of carbonyl (C=O) groups is 1. The Morgan fingerprint density at radius 2 is 1.96 bits per heavy atom.